The van der Waals surface area contributed by atoms with Crippen LogP contribution in [0.25, 0.3) is 5.69 Å². The number of nitrogens with zero attached hydrogens (tertiary/aromatic N) is 5. The molecule has 19 heavy (non-hydrogen) atoms. The highest BCUT2D eigenvalue weighted by Crippen LogP contribution is 2.14. The average molecular weight is 254 g/mol. The molecule has 0 saturated heterocycles. The molecule has 0 bridgehead atoms. The summed E-state index contributed by atoms with van der Waals surface area (Å²) >= 11 is 0. The Hall–Kier alpha value is -2.63. The summed E-state index contributed by atoms with van der Waals surface area (Å²) < 4.78 is 3.58. The van der Waals surface area contributed by atoms with E-state index in [1.165, 1.54) is 0 Å². The van der Waals surface area contributed by atoms with Gasteiger partial charge in [-0.3, -0.25) is 4.68 Å². The monoisotopic (exact) mass is 254 g/mol. The van der Waals surface area contributed by atoms with Gasteiger partial charge in [0, 0.05) is 25.1 Å². The number of hydrogen-bond acceptors (Lipinski definition) is 4. The quantitative estimate of drug-likeness (QED) is 0.768. The van der Waals surface area contributed by atoms with E-state index in [1.54, 1.807) is 17.1 Å². The zero-order valence-corrected chi connectivity index (χ0v) is 10.6. The number of nitrogens with one attached hydrogen (secondary N) is 1. The van der Waals surface area contributed by atoms with Gasteiger partial charge in [-0.25, -0.2) is 4.68 Å². The fraction of sp³-hybridized carbons (Fsp3) is 0.154. The van der Waals surface area contributed by atoms with E-state index in [0.29, 0.717) is 6.54 Å². The standard InChI is InChI=1S/C13H14N6/c1-18-13(10-15-17-18)9-14-11-4-2-5-12(8-11)19-7-3-6-16-19/h2-8,10,14H,9H2,1H3. The molecule has 0 atom stereocenters. The first-order chi connectivity index (χ1) is 9.33. The first kappa shape index (κ1) is 11.5. The lowest BCUT2D eigenvalue weighted by Gasteiger charge is -2.08. The van der Waals surface area contributed by atoms with Gasteiger partial charge in [0.1, 0.15) is 0 Å². The predicted molar refractivity (Wildman–Crippen MR) is 71.9 cm³/mol. The van der Waals surface area contributed by atoms with Crippen molar-refractivity contribution in [2.45, 2.75) is 6.54 Å². The molecule has 96 valence electrons. The molecule has 1 aromatic carbocycles. The molecule has 6 heteroatoms. The highest BCUT2D eigenvalue weighted by Gasteiger charge is 2.01. The third-order valence-corrected chi connectivity index (χ3v) is 2.90. The Balaban J connectivity index is 1.75. The molecule has 0 saturated carbocycles. The van der Waals surface area contributed by atoms with Crippen molar-refractivity contribution in [3.05, 3.63) is 54.6 Å². The maximum absolute atomic E-state index is 4.22. The van der Waals surface area contributed by atoms with Crippen LogP contribution in [0.2, 0.25) is 0 Å². The molecule has 0 fully saturated rings. The van der Waals surface area contributed by atoms with Crippen molar-refractivity contribution in [1.82, 2.24) is 24.8 Å². The minimum absolute atomic E-state index is 0.687. The highest BCUT2D eigenvalue weighted by atomic mass is 15.4. The number of aryl methyl sites for hydroxylation is 1. The van der Waals surface area contributed by atoms with E-state index in [0.717, 1.165) is 17.1 Å². The third-order valence-electron chi connectivity index (χ3n) is 2.90. The van der Waals surface area contributed by atoms with Crippen molar-refractivity contribution in [3.8, 4) is 5.69 Å². The summed E-state index contributed by atoms with van der Waals surface area (Å²) in [6, 6.07) is 10.00. The predicted octanol–water partition coefficient (Wildman–Crippen LogP) is 1.61. The van der Waals surface area contributed by atoms with E-state index in [1.807, 2.05) is 42.2 Å². The SMILES string of the molecule is Cn1nncc1CNc1cccc(-n2cccn2)c1. The topological polar surface area (TPSA) is 60.6 Å². The van der Waals surface area contributed by atoms with Crippen LogP contribution in [0.3, 0.4) is 0 Å². The Morgan fingerprint density at radius 1 is 1.26 bits per heavy atom. The zero-order valence-electron chi connectivity index (χ0n) is 10.6. The van der Waals surface area contributed by atoms with Crippen LogP contribution in [0, 0.1) is 0 Å². The van der Waals surface area contributed by atoms with Crippen LogP contribution >= 0.6 is 0 Å². The van der Waals surface area contributed by atoms with Gasteiger partial charge in [0.25, 0.3) is 0 Å². The number of benzene rings is 1. The summed E-state index contributed by atoms with van der Waals surface area (Å²) in [5.74, 6) is 0. The fourth-order valence-corrected chi connectivity index (χ4v) is 1.84. The van der Waals surface area contributed by atoms with Gasteiger partial charge in [0.05, 0.1) is 24.1 Å². The molecule has 0 aliphatic rings. The smallest absolute Gasteiger partial charge is 0.0774 e. The Morgan fingerprint density at radius 2 is 2.21 bits per heavy atom. The van der Waals surface area contributed by atoms with Gasteiger partial charge in [-0.15, -0.1) is 5.10 Å². The van der Waals surface area contributed by atoms with E-state index in [-0.39, 0.29) is 0 Å². The molecular weight excluding hydrogens is 240 g/mol. The van der Waals surface area contributed by atoms with E-state index in [4.69, 9.17) is 0 Å². The molecule has 6 nitrogen and oxygen atoms in total. The van der Waals surface area contributed by atoms with Crippen molar-refractivity contribution in [1.29, 1.82) is 0 Å². The average Bonchev–Trinajstić information content (AvgIpc) is 3.08. The van der Waals surface area contributed by atoms with Crippen molar-refractivity contribution in [2.75, 3.05) is 5.32 Å². The van der Waals surface area contributed by atoms with E-state index in [9.17, 15) is 0 Å². The lowest BCUT2D eigenvalue weighted by atomic mass is 10.2. The van der Waals surface area contributed by atoms with Crippen LogP contribution < -0.4 is 5.32 Å². The lowest BCUT2D eigenvalue weighted by Crippen LogP contribution is -2.05. The first-order valence-electron chi connectivity index (χ1n) is 6.00. The maximum atomic E-state index is 4.22. The Morgan fingerprint density at radius 3 is 2.95 bits per heavy atom. The highest BCUT2D eigenvalue weighted by molar-refractivity contribution is 5.50. The molecule has 0 unspecified atom stereocenters. The normalized spacial score (nSPS) is 10.6. The zero-order chi connectivity index (χ0) is 13.1. The summed E-state index contributed by atoms with van der Waals surface area (Å²) in [5.41, 5.74) is 3.09. The largest absolute Gasteiger partial charge is 0.379 e. The summed E-state index contributed by atoms with van der Waals surface area (Å²) in [6.45, 7) is 0.687. The first-order valence-corrected chi connectivity index (χ1v) is 6.00. The van der Waals surface area contributed by atoms with Gasteiger partial charge in [0.2, 0.25) is 0 Å². The molecule has 1 N–H and O–H groups in total. The number of hydrogen-bond donors (Lipinski definition) is 1. The minimum Gasteiger partial charge on any atom is -0.379 e. The van der Waals surface area contributed by atoms with Gasteiger partial charge in [-0.1, -0.05) is 11.3 Å². The van der Waals surface area contributed by atoms with Gasteiger partial charge in [-0.05, 0) is 24.3 Å². The second kappa shape index (κ2) is 4.93. The summed E-state index contributed by atoms with van der Waals surface area (Å²) in [4.78, 5) is 0. The van der Waals surface area contributed by atoms with Crippen LogP contribution in [-0.2, 0) is 13.6 Å². The van der Waals surface area contributed by atoms with Crippen molar-refractivity contribution >= 4 is 5.69 Å². The summed E-state index contributed by atoms with van der Waals surface area (Å²) in [7, 11) is 1.88. The molecule has 0 spiro atoms. The van der Waals surface area contributed by atoms with Crippen molar-refractivity contribution in [3.63, 3.8) is 0 Å². The number of aromatic nitrogens is 5. The Kier molecular flexibility index (Phi) is 2.97. The van der Waals surface area contributed by atoms with Crippen LogP contribution in [-0.4, -0.2) is 24.8 Å². The lowest BCUT2D eigenvalue weighted by molar-refractivity contribution is 0.683. The molecule has 0 radical (unpaired) electrons. The minimum atomic E-state index is 0.687. The van der Waals surface area contributed by atoms with Gasteiger partial charge >= 0.3 is 0 Å². The van der Waals surface area contributed by atoms with Gasteiger partial charge in [0.15, 0.2) is 0 Å². The molecule has 2 heterocycles. The maximum Gasteiger partial charge on any atom is 0.0774 e. The molecule has 2 aromatic heterocycles. The number of rotatable bonds is 4. The molecule has 3 rings (SSSR count). The van der Waals surface area contributed by atoms with E-state index >= 15 is 0 Å². The Labute approximate surface area is 110 Å². The Bertz CT molecular complexity index is 655. The van der Waals surface area contributed by atoms with Gasteiger partial charge < -0.3 is 5.32 Å². The summed E-state index contributed by atoms with van der Waals surface area (Å²) in [5, 5.41) is 15.3. The van der Waals surface area contributed by atoms with Crippen LogP contribution in [0.4, 0.5) is 5.69 Å². The van der Waals surface area contributed by atoms with Crippen molar-refractivity contribution < 1.29 is 0 Å². The van der Waals surface area contributed by atoms with Crippen molar-refractivity contribution in [2.24, 2.45) is 7.05 Å². The molecule has 0 aliphatic carbocycles. The van der Waals surface area contributed by atoms with Crippen LogP contribution in [0.15, 0.2) is 48.9 Å². The second-order valence-electron chi connectivity index (χ2n) is 4.20. The molecule has 3 aromatic rings. The fourth-order valence-electron chi connectivity index (χ4n) is 1.84. The van der Waals surface area contributed by atoms with Crippen LogP contribution in [0.5, 0.6) is 0 Å². The third kappa shape index (κ3) is 2.47. The molecular formula is C13H14N6. The molecule has 0 aliphatic heterocycles. The van der Waals surface area contributed by atoms with Gasteiger partial charge in [-0.2, -0.15) is 5.10 Å². The summed E-state index contributed by atoms with van der Waals surface area (Å²) in [6.07, 6.45) is 5.44. The van der Waals surface area contributed by atoms with Crippen LogP contribution in [0.1, 0.15) is 5.69 Å². The van der Waals surface area contributed by atoms with E-state index < -0.39 is 0 Å². The number of anilines is 1. The van der Waals surface area contributed by atoms with E-state index in [2.05, 4.69) is 26.8 Å². The second-order valence-corrected chi connectivity index (χ2v) is 4.20. The molecule has 0 amide bonds.